The van der Waals surface area contributed by atoms with Crippen molar-refractivity contribution in [3.8, 4) is 0 Å². The van der Waals surface area contributed by atoms with Crippen molar-refractivity contribution in [3.05, 3.63) is 35.6 Å². The van der Waals surface area contributed by atoms with Crippen LogP contribution >= 0.6 is 0 Å². The van der Waals surface area contributed by atoms with Gasteiger partial charge in [0.05, 0.1) is 12.1 Å². The molecule has 2 heterocycles. The van der Waals surface area contributed by atoms with E-state index in [1.807, 2.05) is 12.1 Å². The number of halogens is 4. The average Bonchev–Trinajstić information content (AvgIpc) is 3.53. The first kappa shape index (κ1) is 24.4. The Bertz CT molecular complexity index is 783. The minimum atomic E-state index is -5.08. The first-order valence-electron chi connectivity index (χ1n) is 10.8. The Morgan fingerprint density at radius 1 is 1.12 bits per heavy atom. The van der Waals surface area contributed by atoms with Crippen molar-refractivity contribution >= 4 is 11.9 Å². The molecule has 1 saturated carbocycles. The maximum atomic E-state index is 13.1. The van der Waals surface area contributed by atoms with Gasteiger partial charge in [0.25, 0.3) is 0 Å². The Morgan fingerprint density at radius 3 is 2.38 bits per heavy atom. The number of piperidine rings is 1. The highest BCUT2D eigenvalue weighted by Crippen LogP contribution is 2.33. The van der Waals surface area contributed by atoms with E-state index in [1.54, 1.807) is 0 Å². The van der Waals surface area contributed by atoms with Gasteiger partial charge in [0.15, 0.2) is 0 Å². The van der Waals surface area contributed by atoms with Gasteiger partial charge < -0.3 is 15.2 Å². The van der Waals surface area contributed by atoms with E-state index < -0.39 is 12.1 Å². The summed E-state index contributed by atoms with van der Waals surface area (Å²) in [7, 11) is 0. The van der Waals surface area contributed by atoms with Crippen LogP contribution < -0.4 is 5.32 Å². The Morgan fingerprint density at radius 2 is 1.78 bits per heavy atom. The van der Waals surface area contributed by atoms with Crippen LogP contribution in [0.4, 0.5) is 17.6 Å². The standard InChI is InChI=1S/C20H27FN2O2.C2HF3O2/c21-17-7-5-15(6-8-17)11-23-12-16-2-1-9-25-20(16)18(13-23)22-19(24)10-14-3-4-14;3-2(4,5)1(6)7/h5-8,14,16,18,20H,1-4,9-13H2,(H,22,24);(H,6,7)/t16-,18+,20-;/m0./s1. The first-order valence-corrected chi connectivity index (χ1v) is 10.8. The van der Waals surface area contributed by atoms with E-state index in [4.69, 9.17) is 14.6 Å². The third kappa shape index (κ3) is 7.44. The van der Waals surface area contributed by atoms with Crippen molar-refractivity contribution < 1.29 is 37.0 Å². The van der Waals surface area contributed by atoms with E-state index in [0.29, 0.717) is 18.3 Å². The van der Waals surface area contributed by atoms with E-state index in [2.05, 4.69) is 10.2 Å². The lowest BCUT2D eigenvalue weighted by molar-refractivity contribution is -0.192. The molecule has 1 amide bonds. The summed E-state index contributed by atoms with van der Waals surface area (Å²) in [4.78, 5) is 23.6. The molecule has 2 saturated heterocycles. The number of likely N-dealkylation sites (tertiary alicyclic amines) is 1. The lowest BCUT2D eigenvalue weighted by atomic mass is 9.85. The van der Waals surface area contributed by atoms with Crippen molar-refractivity contribution in [3.63, 3.8) is 0 Å². The molecule has 178 valence electrons. The number of amides is 1. The molecule has 1 aromatic rings. The van der Waals surface area contributed by atoms with Crippen molar-refractivity contribution in [1.82, 2.24) is 10.2 Å². The van der Waals surface area contributed by atoms with Crippen LogP contribution in [0.5, 0.6) is 0 Å². The summed E-state index contributed by atoms with van der Waals surface area (Å²) in [5.74, 6) is -1.72. The normalized spacial score (nSPS) is 25.8. The van der Waals surface area contributed by atoms with Crippen LogP contribution in [0.25, 0.3) is 0 Å². The number of hydrogen-bond donors (Lipinski definition) is 2. The number of nitrogens with zero attached hydrogens (tertiary/aromatic N) is 1. The number of benzene rings is 1. The number of ether oxygens (including phenoxy) is 1. The molecule has 4 rings (SSSR count). The number of fused-ring (bicyclic) bond motifs is 1. The third-order valence-corrected chi connectivity index (χ3v) is 5.92. The van der Waals surface area contributed by atoms with E-state index >= 15 is 0 Å². The fraction of sp³-hybridized carbons (Fsp3) is 0.636. The van der Waals surface area contributed by atoms with Crippen molar-refractivity contribution in [2.75, 3.05) is 19.7 Å². The smallest absolute Gasteiger partial charge is 0.475 e. The highest BCUT2D eigenvalue weighted by molar-refractivity contribution is 5.77. The molecule has 3 fully saturated rings. The van der Waals surface area contributed by atoms with Gasteiger partial charge in [-0.3, -0.25) is 9.69 Å². The second-order valence-corrected chi connectivity index (χ2v) is 8.68. The highest BCUT2D eigenvalue weighted by Gasteiger charge is 2.40. The molecule has 32 heavy (non-hydrogen) atoms. The number of aliphatic carboxylic acids is 1. The molecule has 1 aromatic carbocycles. The molecule has 2 aliphatic heterocycles. The summed E-state index contributed by atoms with van der Waals surface area (Å²) >= 11 is 0. The van der Waals surface area contributed by atoms with Gasteiger partial charge in [-0.25, -0.2) is 9.18 Å². The van der Waals surface area contributed by atoms with Gasteiger partial charge in [-0.1, -0.05) is 12.1 Å². The minimum absolute atomic E-state index is 0.0609. The van der Waals surface area contributed by atoms with Crippen LogP contribution in [0.2, 0.25) is 0 Å². The summed E-state index contributed by atoms with van der Waals surface area (Å²) in [5.41, 5.74) is 1.11. The topological polar surface area (TPSA) is 78.9 Å². The van der Waals surface area contributed by atoms with Crippen LogP contribution in [0.1, 0.15) is 37.7 Å². The number of hydrogen-bond acceptors (Lipinski definition) is 4. The SMILES string of the molecule is O=C(CC1CC1)N[C@@H]1CN(Cc2ccc(F)cc2)C[C@@H]2CCCO[C@@H]21.O=C(O)C(F)(F)F. The number of alkyl halides is 3. The monoisotopic (exact) mass is 460 g/mol. The number of carboxylic acid groups (broad SMARTS) is 1. The quantitative estimate of drug-likeness (QED) is 0.659. The molecule has 6 nitrogen and oxygen atoms in total. The van der Waals surface area contributed by atoms with Crippen LogP contribution in [0.15, 0.2) is 24.3 Å². The van der Waals surface area contributed by atoms with E-state index in [-0.39, 0.29) is 23.9 Å². The Hall–Kier alpha value is -2.20. The third-order valence-electron chi connectivity index (χ3n) is 5.92. The van der Waals surface area contributed by atoms with Crippen LogP contribution in [-0.2, 0) is 20.9 Å². The Kier molecular flexibility index (Phi) is 8.10. The average molecular weight is 460 g/mol. The van der Waals surface area contributed by atoms with Crippen LogP contribution in [0, 0.1) is 17.7 Å². The second kappa shape index (κ2) is 10.6. The maximum absolute atomic E-state index is 13.1. The predicted molar refractivity (Wildman–Crippen MR) is 107 cm³/mol. The lowest BCUT2D eigenvalue weighted by Crippen LogP contribution is -2.60. The molecule has 0 bridgehead atoms. The molecular formula is C22H28F4N2O4. The highest BCUT2D eigenvalue weighted by atomic mass is 19.4. The molecule has 3 aliphatic rings. The van der Waals surface area contributed by atoms with E-state index in [1.165, 1.54) is 25.0 Å². The largest absolute Gasteiger partial charge is 0.490 e. The fourth-order valence-electron chi connectivity index (χ4n) is 4.25. The van der Waals surface area contributed by atoms with Crippen LogP contribution in [0.3, 0.4) is 0 Å². The van der Waals surface area contributed by atoms with Gasteiger partial charge in [-0.05, 0) is 55.2 Å². The van der Waals surface area contributed by atoms with Crippen molar-refractivity contribution in [2.24, 2.45) is 11.8 Å². The summed E-state index contributed by atoms with van der Waals surface area (Å²) < 4.78 is 50.9. The zero-order chi connectivity index (χ0) is 23.3. The molecule has 0 aromatic heterocycles. The lowest BCUT2D eigenvalue weighted by Gasteiger charge is -2.46. The Labute approximate surface area is 183 Å². The molecular weight excluding hydrogens is 432 g/mol. The number of nitrogens with one attached hydrogen (secondary N) is 1. The molecule has 1 aliphatic carbocycles. The summed E-state index contributed by atoms with van der Waals surface area (Å²) in [6.45, 7) is 3.37. The van der Waals surface area contributed by atoms with Gasteiger partial charge in [0.1, 0.15) is 5.82 Å². The molecule has 2 N–H and O–H groups in total. The minimum Gasteiger partial charge on any atom is -0.475 e. The van der Waals surface area contributed by atoms with Crippen molar-refractivity contribution in [1.29, 1.82) is 0 Å². The molecule has 0 spiro atoms. The number of rotatable bonds is 5. The summed E-state index contributed by atoms with van der Waals surface area (Å²) in [6.07, 6.45) is 0.343. The van der Waals surface area contributed by atoms with Gasteiger partial charge in [0, 0.05) is 32.7 Å². The number of carbonyl (C=O) groups is 2. The maximum Gasteiger partial charge on any atom is 0.490 e. The zero-order valence-electron chi connectivity index (χ0n) is 17.6. The summed E-state index contributed by atoms with van der Waals surface area (Å²) in [5, 5.41) is 10.4. The van der Waals surface area contributed by atoms with Gasteiger partial charge in [-0.15, -0.1) is 0 Å². The molecule has 3 atom stereocenters. The van der Waals surface area contributed by atoms with E-state index in [0.717, 1.165) is 44.6 Å². The number of carboxylic acids is 1. The van der Waals surface area contributed by atoms with E-state index in [9.17, 15) is 22.4 Å². The van der Waals surface area contributed by atoms with Gasteiger partial charge >= 0.3 is 12.1 Å². The second-order valence-electron chi connectivity index (χ2n) is 8.68. The van der Waals surface area contributed by atoms with Gasteiger partial charge in [-0.2, -0.15) is 13.2 Å². The molecule has 10 heteroatoms. The van der Waals surface area contributed by atoms with Gasteiger partial charge in [0.2, 0.25) is 5.91 Å². The van der Waals surface area contributed by atoms with Crippen LogP contribution in [-0.4, -0.2) is 59.9 Å². The summed E-state index contributed by atoms with van der Waals surface area (Å²) in [6, 6.07) is 6.78. The predicted octanol–water partition coefficient (Wildman–Crippen LogP) is 3.35. The molecule has 0 unspecified atom stereocenters. The van der Waals surface area contributed by atoms with Crippen molar-refractivity contribution in [2.45, 2.75) is 57.0 Å². The first-order chi connectivity index (χ1) is 15.1. The Balaban J connectivity index is 0.000000360. The fourth-order valence-corrected chi connectivity index (χ4v) is 4.25. The number of carbonyl (C=O) groups excluding carboxylic acids is 1. The zero-order valence-corrected chi connectivity index (χ0v) is 17.6. The molecule has 0 radical (unpaired) electrons.